The van der Waals surface area contributed by atoms with Gasteiger partial charge in [-0.25, -0.2) is 14.2 Å². The number of hydrogen-bond donors (Lipinski definition) is 2. The molecule has 0 radical (unpaired) electrons. The summed E-state index contributed by atoms with van der Waals surface area (Å²) in [4.78, 5) is 8.72. The molecule has 0 aliphatic carbocycles. The number of aromatic nitrogens is 4. The van der Waals surface area contributed by atoms with E-state index < -0.39 is 15.8 Å². The summed E-state index contributed by atoms with van der Waals surface area (Å²) in [6.45, 7) is 3.44. The van der Waals surface area contributed by atoms with Crippen LogP contribution in [0.2, 0.25) is 0 Å². The average Bonchev–Trinajstić information content (AvgIpc) is 3.04. The van der Waals surface area contributed by atoms with Gasteiger partial charge < -0.3 is 15.6 Å². The number of aryl methyl sites for hydroxylation is 2. The van der Waals surface area contributed by atoms with Crippen LogP contribution in [0.1, 0.15) is 35.5 Å². The maximum absolute atomic E-state index is 13.9. The van der Waals surface area contributed by atoms with Gasteiger partial charge in [-0.2, -0.15) is 14.7 Å². The second kappa shape index (κ2) is 8.22. The Morgan fingerprint density at radius 3 is 2.94 bits per heavy atom. The van der Waals surface area contributed by atoms with Gasteiger partial charge in [-0.15, -0.1) is 0 Å². The van der Waals surface area contributed by atoms with Crippen molar-refractivity contribution < 1.29 is 14.1 Å². The Kier molecular flexibility index (Phi) is 5.58. The van der Waals surface area contributed by atoms with Crippen molar-refractivity contribution >= 4 is 21.2 Å². The summed E-state index contributed by atoms with van der Waals surface area (Å²) in [5.74, 6) is 0.115. The number of aliphatic hydroxyl groups is 1. The number of nitriles is 1. The van der Waals surface area contributed by atoms with E-state index in [2.05, 4.69) is 25.5 Å². The van der Waals surface area contributed by atoms with Crippen LogP contribution in [0.5, 0.6) is 5.88 Å². The van der Waals surface area contributed by atoms with E-state index in [1.165, 1.54) is 10.9 Å². The molecule has 2 atom stereocenters. The number of nitrogens with two attached hydrogens (primary N) is 1. The van der Waals surface area contributed by atoms with Crippen LogP contribution in [-0.4, -0.2) is 41.4 Å². The van der Waals surface area contributed by atoms with Gasteiger partial charge in [0.25, 0.3) is 5.88 Å². The fourth-order valence-corrected chi connectivity index (χ4v) is 5.41. The second-order valence-electron chi connectivity index (χ2n) is 7.61. The Morgan fingerprint density at radius 1 is 1.44 bits per heavy atom. The van der Waals surface area contributed by atoms with E-state index in [0.29, 0.717) is 28.2 Å². The van der Waals surface area contributed by atoms with E-state index >= 15 is 0 Å². The number of hydrogen-bond acceptors (Lipinski definition) is 9. The number of rotatable bonds is 2. The van der Waals surface area contributed by atoms with Crippen molar-refractivity contribution in [1.29, 1.82) is 5.26 Å². The monoisotopic (exact) mass is 453 g/mol. The van der Waals surface area contributed by atoms with E-state index in [4.69, 9.17) is 10.5 Å². The number of benzene rings is 1. The molecule has 10 nitrogen and oxygen atoms in total. The maximum Gasteiger partial charge on any atom is 0.258 e. The third-order valence-electron chi connectivity index (χ3n) is 5.20. The molecule has 2 bridgehead atoms. The van der Waals surface area contributed by atoms with Crippen LogP contribution in [-0.2, 0) is 22.5 Å². The van der Waals surface area contributed by atoms with Gasteiger partial charge in [0.2, 0.25) is 0 Å². The predicted molar refractivity (Wildman–Crippen MR) is 119 cm³/mol. The van der Waals surface area contributed by atoms with Crippen LogP contribution in [0.3, 0.4) is 0 Å². The Labute approximate surface area is 185 Å². The molecular formula is C21H23N7O3S. The molecule has 3 aromatic rings. The number of nitrogen functional groups attached to an aromatic ring is 1. The van der Waals surface area contributed by atoms with E-state index in [1.54, 1.807) is 13.1 Å². The standard InChI is InChI=1S/C21H23N7O3S/c1-12-4-5-15-14(8-12)13(2)31-21-20(23)24-10-16(25-21)19-17(26-28(3)18(19)9-22)11-32(30,27-15)7-6-29/h4-5,8,10,13,29H,6-7,11H2,1-3H3,(H2,23,24)/t13-,32?/m1/s1. The van der Waals surface area contributed by atoms with Gasteiger partial charge in [-0.05, 0) is 19.9 Å². The zero-order valence-corrected chi connectivity index (χ0v) is 18.8. The van der Waals surface area contributed by atoms with Crippen molar-refractivity contribution in [1.82, 2.24) is 19.7 Å². The van der Waals surface area contributed by atoms with E-state index in [0.717, 1.165) is 5.56 Å². The number of aliphatic hydroxyl groups excluding tert-OH is 1. The molecule has 0 spiro atoms. The average molecular weight is 454 g/mol. The summed E-state index contributed by atoms with van der Waals surface area (Å²) >= 11 is 0. The molecule has 4 rings (SSSR count). The van der Waals surface area contributed by atoms with Gasteiger partial charge in [0.1, 0.15) is 17.9 Å². The topological polar surface area (TPSA) is 152 Å². The first-order chi connectivity index (χ1) is 15.2. The van der Waals surface area contributed by atoms with Gasteiger partial charge in [0.15, 0.2) is 5.82 Å². The van der Waals surface area contributed by atoms with E-state index in [9.17, 15) is 14.6 Å². The molecule has 2 aromatic heterocycles. The number of nitrogens with zero attached hydrogens (tertiary/aromatic N) is 6. The van der Waals surface area contributed by atoms with Crippen molar-refractivity contribution in [3.63, 3.8) is 0 Å². The summed E-state index contributed by atoms with van der Waals surface area (Å²) in [6, 6.07) is 7.67. The molecule has 11 heteroatoms. The zero-order chi connectivity index (χ0) is 23.0. The molecule has 1 aromatic carbocycles. The molecule has 0 fully saturated rings. The minimum absolute atomic E-state index is 0.0495. The van der Waals surface area contributed by atoms with Gasteiger partial charge in [0, 0.05) is 12.6 Å². The van der Waals surface area contributed by atoms with Crippen LogP contribution >= 0.6 is 0 Å². The molecular weight excluding hydrogens is 430 g/mol. The number of fused-ring (bicyclic) bond motifs is 5. The molecule has 3 N–H and O–H groups in total. The zero-order valence-electron chi connectivity index (χ0n) is 17.9. The molecule has 3 heterocycles. The van der Waals surface area contributed by atoms with Gasteiger partial charge in [-0.1, -0.05) is 17.7 Å². The predicted octanol–water partition coefficient (Wildman–Crippen LogP) is 2.38. The van der Waals surface area contributed by atoms with Crippen LogP contribution in [0.25, 0.3) is 11.3 Å². The fourth-order valence-electron chi connectivity index (χ4n) is 3.67. The Hall–Kier alpha value is -3.49. The molecule has 0 saturated carbocycles. The van der Waals surface area contributed by atoms with Gasteiger partial charge in [0.05, 0.1) is 56.7 Å². The first-order valence-electron chi connectivity index (χ1n) is 9.94. The van der Waals surface area contributed by atoms with Crippen molar-refractivity contribution in [3.8, 4) is 23.2 Å². The molecule has 1 aliphatic heterocycles. The highest BCUT2D eigenvalue weighted by molar-refractivity contribution is 7.93. The van der Waals surface area contributed by atoms with E-state index in [-0.39, 0.29) is 35.5 Å². The third-order valence-corrected chi connectivity index (χ3v) is 7.27. The minimum Gasteiger partial charge on any atom is -0.467 e. The van der Waals surface area contributed by atoms with E-state index in [1.807, 2.05) is 26.0 Å². The smallest absolute Gasteiger partial charge is 0.258 e. The second-order valence-corrected chi connectivity index (χ2v) is 10.0. The maximum atomic E-state index is 13.9. The van der Waals surface area contributed by atoms with Crippen LogP contribution in [0.15, 0.2) is 28.8 Å². The lowest BCUT2D eigenvalue weighted by Gasteiger charge is -2.20. The van der Waals surface area contributed by atoms with Crippen molar-refractivity contribution in [2.75, 3.05) is 18.1 Å². The summed E-state index contributed by atoms with van der Waals surface area (Å²) in [6.07, 6.45) is 0.907. The van der Waals surface area contributed by atoms with Crippen molar-refractivity contribution in [2.24, 2.45) is 11.4 Å². The molecule has 166 valence electrons. The van der Waals surface area contributed by atoms with Gasteiger partial charge in [-0.3, -0.25) is 4.68 Å². The fraction of sp³-hybridized carbons (Fsp3) is 0.333. The third kappa shape index (κ3) is 3.90. The van der Waals surface area contributed by atoms with Crippen LogP contribution < -0.4 is 10.5 Å². The molecule has 32 heavy (non-hydrogen) atoms. The lowest BCUT2D eigenvalue weighted by Crippen LogP contribution is -2.15. The molecule has 0 amide bonds. The number of ether oxygens (including phenoxy) is 1. The highest BCUT2D eigenvalue weighted by Gasteiger charge is 2.26. The first kappa shape index (κ1) is 21.7. The van der Waals surface area contributed by atoms with Crippen molar-refractivity contribution in [2.45, 2.75) is 25.7 Å². The SMILES string of the molecule is Cc1ccc2c(c1)[C@@H](C)Oc1nc(cnc1N)-c1c(nn(C)c1C#N)CS(=O)(CCO)=N2. The van der Waals surface area contributed by atoms with Crippen LogP contribution in [0, 0.1) is 18.3 Å². The molecule has 1 unspecified atom stereocenters. The Bertz CT molecular complexity index is 1370. The summed E-state index contributed by atoms with van der Waals surface area (Å²) in [7, 11) is -1.36. The lowest BCUT2D eigenvalue weighted by atomic mass is 10.1. The quantitative estimate of drug-likeness (QED) is 0.600. The molecule has 1 aliphatic rings. The highest BCUT2D eigenvalue weighted by Crippen LogP contribution is 2.36. The summed E-state index contributed by atoms with van der Waals surface area (Å²) < 4.78 is 25.9. The number of anilines is 1. The summed E-state index contributed by atoms with van der Waals surface area (Å²) in [5, 5.41) is 23.8. The normalized spacial score (nSPS) is 19.9. The Morgan fingerprint density at radius 2 is 2.22 bits per heavy atom. The molecule has 0 saturated heterocycles. The van der Waals surface area contributed by atoms with Crippen molar-refractivity contribution in [3.05, 3.63) is 46.9 Å². The minimum atomic E-state index is -2.98. The lowest BCUT2D eigenvalue weighted by molar-refractivity contribution is 0.219. The van der Waals surface area contributed by atoms with Gasteiger partial charge >= 0.3 is 0 Å². The first-order valence-corrected chi connectivity index (χ1v) is 11.8. The largest absolute Gasteiger partial charge is 0.467 e. The highest BCUT2D eigenvalue weighted by atomic mass is 32.2. The summed E-state index contributed by atoms with van der Waals surface area (Å²) in [5.41, 5.74) is 9.53. The van der Waals surface area contributed by atoms with Crippen LogP contribution in [0.4, 0.5) is 11.5 Å². The Balaban J connectivity index is 2.07.